The van der Waals surface area contributed by atoms with Crippen molar-refractivity contribution in [3.63, 3.8) is 0 Å². The van der Waals surface area contributed by atoms with Gasteiger partial charge in [0.2, 0.25) is 0 Å². The molecule has 0 atom stereocenters. The predicted molar refractivity (Wildman–Crippen MR) is 40.7 cm³/mol. The summed E-state index contributed by atoms with van der Waals surface area (Å²) in [5.74, 6) is 1.23. The molecule has 0 amide bonds. The lowest BCUT2D eigenvalue weighted by molar-refractivity contribution is 1.57. The average Bonchev–Trinajstić information content (AvgIpc) is 1.91. The molecule has 0 spiro atoms. The lowest BCUT2D eigenvalue weighted by Crippen LogP contribution is -1.58. The van der Waals surface area contributed by atoms with E-state index in [0.717, 1.165) is 0 Å². The summed E-state index contributed by atoms with van der Waals surface area (Å²) in [6.45, 7) is 4.36. The minimum atomic E-state index is 1.23. The van der Waals surface area contributed by atoms with Gasteiger partial charge in [-0.2, -0.15) is 23.2 Å². The van der Waals surface area contributed by atoms with Crippen LogP contribution in [-0.4, -0.2) is 5.84 Å². The van der Waals surface area contributed by atoms with Crippen LogP contribution in [0.4, 0.5) is 0 Å². The lowest BCUT2D eigenvalue weighted by atomic mass is 10.6. The van der Waals surface area contributed by atoms with E-state index in [1.54, 1.807) is 0 Å². The summed E-state index contributed by atoms with van der Waals surface area (Å²) in [4.78, 5) is 3.01. The van der Waals surface area contributed by atoms with Crippen LogP contribution >= 0.6 is 23.2 Å². The van der Waals surface area contributed by atoms with E-state index in [1.165, 1.54) is 15.6 Å². The molecule has 1 aliphatic heterocycles. The predicted octanol–water partition coefficient (Wildman–Crippen LogP) is 1.98. The highest BCUT2D eigenvalue weighted by Crippen LogP contribution is 2.35. The van der Waals surface area contributed by atoms with Gasteiger partial charge < -0.3 is 0 Å². The first-order valence-electron chi connectivity index (χ1n) is 2.24. The molecule has 0 fully saturated rings. The van der Waals surface area contributed by atoms with Gasteiger partial charge in [-0.3, -0.25) is 0 Å². The molecule has 0 nitrogen and oxygen atoms in total. The topological polar surface area (TPSA) is 0 Å². The molecule has 1 rings (SSSR count). The first-order chi connectivity index (χ1) is 3.30. The Bertz CT molecular complexity index is 96.3. The molecule has 0 aromatic rings. The third kappa shape index (κ3) is 1.20. The van der Waals surface area contributed by atoms with E-state index in [2.05, 4.69) is 13.8 Å². The summed E-state index contributed by atoms with van der Waals surface area (Å²) in [5.41, 5.74) is 0. The van der Waals surface area contributed by atoms with Crippen LogP contribution in [0.15, 0.2) is 9.81 Å². The van der Waals surface area contributed by atoms with Crippen LogP contribution < -0.4 is 0 Å². The second-order valence-electron chi connectivity index (χ2n) is 1.52. The first kappa shape index (κ1) is 5.64. The summed E-state index contributed by atoms with van der Waals surface area (Å²) in [7, 11) is 0. The van der Waals surface area contributed by atoms with Crippen LogP contribution in [0.3, 0.4) is 0 Å². The van der Waals surface area contributed by atoms with E-state index in [0.29, 0.717) is 0 Å². The van der Waals surface area contributed by atoms with Gasteiger partial charge in [0, 0.05) is 0 Å². The van der Waals surface area contributed by atoms with E-state index < -0.39 is 0 Å². The van der Waals surface area contributed by atoms with Crippen molar-refractivity contribution in [2.45, 2.75) is 13.8 Å². The summed E-state index contributed by atoms with van der Waals surface area (Å²) >= 11 is 3.90. The van der Waals surface area contributed by atoms with Crippen molar-refractivity contribution in [1.29, 1.82) is 0 Å². The Hall–Kier alpha value is 0.505. The Balaban J connectivity index is 2.64. The molecule has 0 aromatic heterocycles. The van der Waals surface area contributed by atoms with Crippen LogP contribution in [0.2, 0.25) is 0 Å². The Kier molecular flexibility index (Phi) is 1.76. The van der Waals surface area contributed by atoms with Gasteiger partial charge in [0.1, 0.15) is 0 Å². The number of hydrogen-bond acceptors (Lipinski definition) is 2. The van der Waals surface area contributed by atoms with Gasteiger partial charge in [-0.25, -0.2) is 0 Å². The van der Waals surface area contributed by atoms with Crippen molar-refractivity contribution in [2.75, 3.05) is 0 Å². The first-order valence-corrected chi connectivity index (χ1v) is 4.21. The van der Waals surface area contributed by atoms with Crippen molar-refractivity contribution in [1.82, 2.24) is 0 Å². The van der Waals surface area contributed by atoms with Crippen molar-refractivity contribution >= 4 is 29.1 Å². The van der Waals surface area contributed by atoms with Gasteiger partial charge in [-0.1, -0.05) is 0 Å². The Morgan fingerprint density at radius 1 is 1.14 bits per heavy atom. The highest BCUT2D eigenvalue weighted by atomic mass is 32.2. The molecule has 7 heavy (non-hydrogen) atoms. The SMILES string of the molecule is CC1=C(C)SBS1. The molecule has 0 bridgehead atoms. The van der Waals surface area contributed by atoms with Gasteiger partial charge in [0.25, 0.3) is 5.84 Å². The van der Waals surface area contributed by atoms with E-state index in [1.807, 2.05) is 23.2 Å². The van der Waals surface area contributed by atoms with Gasteiger partial charge >= 0.3 is 0 Å². The van der Waals surface area contributed by atoms with Crippen molar-refractivity contribution < 1.29 is 0 Å². The van der Waals surface area contributed by atoms with Crippen LogP contribution in [0, 0.1) is 0 Å². The fraction of sp³-hybridized carbons (Fsp3) is 0.500. The summed E-state index contributed by atoms with van der Waals surface area (Å²) in [6, 6.07) is 0. The molecule has 0 radical (unpaired) electrons. The number of allylic oxidation sites excluding steroid dienone is 2. The molecule has 0 N–H and O–H groups in total. The monoisotopic (exact) mass is 130 g/mol. The van der Waals surface area contributed by atoms with Gasteiger partial charge in [0.15, 0.2) is 0 Å². The van der Waals surface area contributed by atoms with Crippen LogP contribution in [-0.2, 0) is 0 Å². The van der Waals surface area contributed by atoms with Gasteiger partial charge in [0.05, 0.1) is 0 Å². The molecule has 0 aliphatic carbocycles. The lowest BCUT2D eigenvalue weighted by Gasteiger charge is -1.86. The molecule has 38 valence electrons. The van der Waals surface area contributed by atoms with E-state index in [-0.39, 0.29) is 0 Å². The van der Waals surface area contributed by atoms with Crippen LogP contribution in [0.5, 0.6) is 0 Å². The third-order valence-electron chi connectivity index (χ3n) is 1.05. The van der Waals surface area contributed by atoms with Crippen LogP contribution in [0.25, 0.3) is 0 Å². The van der Waals surface area contributed by atoms with E-state index in [9.17, 15) is 0 Å². The van der Waals surface area contributed by atoms with Gasteiger partial charge in [-0.05, 0) is 23.7 Å². The quantitative estimate of drug-likeness (QED) is 0.460. The Morgan fingerprint density at radius 3 is 1.71 bits per heavy atom. The Morgan fingerprint density at radius 2 is 1.57 bits per heavy atom. The van der Waals surface area contributed by atoms with Crippen molar-refractivity contribution in [2.24, 2.45) is 0 Å². The van der Waals surface area contributed by atoms with E-state index in [4.69, 9.17) is 0 Å². The zero-order valence-corrected chi connectivity index (χ0v) is 6.16. The molecule has 0 aromatic carbocycles. The second kappa shape index (κ2) is 2.18. The molecule has 0 saturated carbocycles. The molecule has 0 unspecified atom stereocenters. The molecule has 3 heteroatoms. The summed E-state index contributed by atoms with van der Waals surface area (Å²) in [5, 5.41) is 0. The normalized spacial score (nSPS) is 20.3. The standard InChI is InChI=1S/C4H7BS2/c1-3-4(2)7-5-6-3/h5H,1-2H3. The van der Waals surface area contributed by atoms with E-state index >= 15 is 0 Å². The fourth-order valence-electron chi connectivity index (χ4n) is 0.410. The average molecular weight is 130 g/mol. The van der Waals surface area contributed by atoms with Gasteiger partial charge in [-0.15, -0.1) is 0 Å². The molecule has 0 saturated heterocycles. The van der Waals surface area contributed by atoms with Crippen molar-refractivity contribution in [3.8, 4) is 0 Å². The smallest absolute Gasteiger partial charge is 0.169 e. The van der Waals surface area contributed by atoms with Crippen molar-refractivity contribution in [3.05, 3.63) is 9.81 Å². The van der Waals surface area contributed by atoms with Crippen LogP contribution in [0.1, 0.15) is 13.8 Å². The Labute approximate surface area is 53.2 Å². The molecular formula is C4H7BS2. The zero-order chi connectivity index (χ0) is 5.28. The second-order valence-corrected chi connectivity index (χ2v) is 4.26. The molecular weight excluding hydrogens is 123 g/mol. The molecule has 1 heterocycles. The maximum Gasteiger partial charge on any atom is 0.268 e. The maximum atomic E-state index is 2.18. The third-order valence-corrected chi connectivity index (χ3v) is 3.60. The highest BCUT2D eigenvalue weighted by Gasteiger charge is 2.06. The largest absolute Gasteiger partial charge is 0.268 e. The maximum absolute atomic E-state index is 2.18. The minimum Gasteiger partial charge on any atom is -0.169 e. The summed E-state index contributed by atoms with van der Waals surface area (Å²) < 4.78 is 0. The number of hydrogen-bond donors (Lipinski definition) is 0. The zero-order valence-electron chi connectivity index (χ0n) is 4.52. The highest BCUT2D eigenvalue weighted by molar-refractivity contribution is 8.55. The molecule has 1 aliphatic rings. The fourth-order valence-corrected chi connectivity index (χ4v) is 2.82. The summed E-state index contributed by atoms with van der Waals surface area (Å²) in [6.07, 6.45) is 0. The minimum absolute atomic E-state index is 1.23. The number of rotatable bonds is 0.